The van der Waals surface area contributed by atoms with Gasteiger partial charge >= 0.3 is 7.12 Å². The van der Waals surface area contributed by atoms with E-state index in [1.807, 2.05) is 44.2 Å². The van der Waals surface area contributed by atoms with Crippen LogP contribution < -0.4 is 34.9 Å². The van der Waals surface area contributed by atoms with Gasteiger partial charge in [0.1, 0.15) is 23.6 Å². The van der Waals surface area contributed by atoms with E-state index in [-0.39, 0.29) is 24.7 Å². The van der Waals surface area contributed by atoms with Crippen LogP contribution >= 0.6 is 0 Å². The van der Waals surface area contributed by atoms with Crippen LogP contribution in [-0.4, -0.2) is 74.2 Å². The Labute approximate surface area is 288 Å². The highest BCUT2D eigenvalue weighted by molar-refractivity contribution is 6.43. The molecule has 0 aliphatic rings. The zero-order valence-electron chi connectivity index (χ0n) is 29.2. The van der Waals surface area contributed by atoms with E-state index in [0.29, 0.717) is 46.3 Å². The second-order valence-corrected chi connectivity index (χ2v) is 12.5. The Kier molecular flexibility index (Phi) is 14.8. The summed E-state index contributed by atoms with van der Waals surface area (Å²) in [6.45, 7) is 7.31. The molecule has 5 N–H and O–H groups in total. The summed E-state index contributed by atoms with van der Waals surface area (Å²) in [6.07, 6.45) is 0.285. The summed E-state index contributed by atoms with van der Waals surface area (Å²) in [7, 11) is 2.66. The number of amides is 3. The first kappa shape index (κ1) is 38.7. The van der Waals surface area contributed by atoms with Crippen LogP contribution in [0.3, 0.4) is 0 Å². The third kappa shape index (κ3) is 11.7. The first-order valence-electron chi connectivity index (χ1n) is 16.2. The zero-order chi connectivity index (χ0) is 36.1. The van der Waals surface area contributed by atoms with E-state index in [1.54, 1.807) is 50.2 Å². The number of carbonyl (C=O) groups excluding carboxylic acids is 3. The maximum Gasteiger partial charge on any atom is 0.475 e. The third-order valence-electron chi connectivity index (χ3n) is 7.72. The summed E-state index contributed by atoms with van der Waals surface area (Å²) in [4.78, 5) is 40.8. The van der Waals surface area contributed by atoms with Crippen LogP contribution in [0.1, 0.15) is 45.2 Å². The van der Waals surface area contributed by atoms with Crippen LogP contribution in [0, 0.1) is 11.8 Å². The first-order valence-corrected chi connectivity index (χ1v) is 16.2. The highest BCUT2D eigenvalue weighted by atomic mass is 16.5. The van der Waals surface area contributed by atoms with Crippen molar-refractivity contribution in [2.45, 2.75) is 65.0 Å². The van der Waals surface area contributed by atoms with Crippen molar-refractivity contribution in [2.24, 2.45) is 11.8 Å². The molecule has 0 heterocycles. The molecule has 0 aliphatic carbocycles. The standard InChI is InChI=1S/C36H48BN3O9/c1-22(2)16-31(37(44)45)39-36(43)33(23(3)4)40-35(42)28(18-25-19-29(46-5)34(48-7)30(20-25)47-6)38-32(41)21-24-12-11-15-27(17-24)49-26-13-9-8-10-14-26/h8-15,17,19-20,22-23,28,31,33,44-45H,16,18,21H2,1-7H3,(H,38,41)(H,39,43)(H,40,42)/t28-,31-,33-/m0/s1. The van der Waals surface area contributed by atoms with E-state index in [2.05, 4.69) is 16.0 Å². The van der Waals surface area contributed by atoms with Crippen molar-refractivity contribution in [3.63, 3.8) is 0 Å². The normalized spacial score (nSPS) is 12.8. The number of ether oxygens (including phenoxy) is 4. The highest BCUT2D eigenvalue weighted by Crippen LogP contribution is 2.38. The molecule has 0 saturated carbocycles. The number of hydrogen-bond donors (Lipinski definition) is 5. The number of hydrogen-bond acceptors (Lipinski definition) is 9. The molecule has 3 atom stereocenters. The van der Waals surface area contributed by atoms with Crippen LogP contribution in [0.5, 0.6) is 28.7 Å². The van der Waals surface area contributed by atoms with E-state index < -0.39 is 42.9 Å². The lowest BCUT2D eigenvalue weighted by atomic mass is 9.75. The molecule has 0 fully saturated rings. The molecule has 0 aromatic heterocycles. The van der Waals surface area contributed by atoms with E-state index >= 15 is 0 Å². The van der Waals surface area contributed by atoms with E-state index in [4.69, 9.17) is 18.9 Å². The summed E-state index contributed by atoms with van der Waals surface area (Å²) < 4.78 is 22.3. The monoisotopic (exact) mass is 677 g/mol. The predicted octanol–water partition coefficient (Wildman–Crippen LogP) is 3.46. The van der Waals surface area contributed by atoms with Gasteiger partial charge in [0.25, 0.3) is 0 Å². The fourth-order valence-electron chi connectivity index (χ4n) is 5.30. The molecular formula is C36H48BN3O9. The van der Waals surface area contributed by atoms with Crippen molar-refractivity contribution in [1.29, 1.82) is 0 Å². The maximum atomic E-state index is 13.9. The number of carbonyl (C=O) groups is 3. The molecule has 49 heavy (non-hydrogen) atoms. The number of nitrogens with one attached hydrogen (secondary N) is 3. The Morgan fingerprint density at radius 1 is 0.735 bits per heavy atom. The Morgan fingerprint density at radius 3 is 1.92 bits per heavy atom. The number of para-hydroxylation sites is 1. The van der Waals surface area contributed by atoms with Gasteiger partial charge < -0.3 is 44.9 Å². The quantitative estimate of drug-likeness (QED) is 0.127. The van der Waals surface area contributed by atoms with Gasteiger partial charge in [0.2, 0.25) is 23.5 Å². The molecule has 0 radical (unpaired) electrons. The molecular weight excluding hydrogens is 629 g/mol. The lowest BCUT2D eigenvalue weighted by Crippen LogP contribution is -2.59. The van der Waals surface area contributed by atoms with Gasteiger partial charge in [0.05, 0.1) is 33.7 Å². The largest absolute Gasteiger partial charge is 0.493 e. The van der Waals surface area contributed by atoms with Crippen molar-refractivity contribution in [1.82, 2.24) is 16.0 Å². The van der Waals surface area contributed by atoms with Gasteiger partial charge in [-0.3, -0.25) is 14.4 Å². The second kappa shape index (κ2) is 18.7. The minimum Gasteiger partial charge on any atom is -0.493 e. The van der Waals surface area contributed by atoms with Crippen LogP contribution in [-0.2, 0) is 27.2 Å². The van der Waals surface area contributed by atoms with Crippen LogP contribution in [0.25, 0.3) is 0 Å². The fraction of sp³-hybridized carbons (Fsp3) is 0.417. The van der Waals surface area contributed by atoms with Gasteiger partial charge in [-0.05, 0) is 65.8 Å². The van der Waals surface area contributed by atoms with E-state index in [0.717, 1.165) is 0 Å². The van der Waals surface area contributed by atoms with Crippen molar-refractivity contribution in [3.8, 4) is 28.7 Å². The average Bonchev–Trinajstić information content (AvgIpc) is 3.06. The summed E-state index contributed by atoms with van der Waals surface area (Å²) in [5.74, 6) is -0.528. The Hall–Kier alpha value is -4.75. The molecule has 3 amide bonds. The number of rotatable bonds is 18. The van der Waals surface area contributed by atoms with Gasteiger partial charge in [-0.25, -0.2) is 0 Å². The van der Waals surface area contributed by atoms with Crippen molar-refractivity contribution < 1.29 is 43.4 Å². The maximum absolute atomic E-state index is 13.9. The Bertz CT molecular complexity index is 1510. The predicted molar refractivity (Wildman–Crippen MR) is 187 cm³/mol. The molecule has 0 spiro atoms. The van der Waals surface area contributed by atoms with Gasteiger partial charge in [-0.15, -0.1) is 0 Å². The fourth-order valence-corrected chi connectivity index (χ4v) is 5.30. The van der Waals surface area contributed by atoms with Crippen LogP contribution in [0.15, 0.2) is 66.7 Å². The van der Waals surface area contributed by atoms with Gasteiger partial charge in [0.15, 0.2) is 11.5 Å². The smallest absolute Gasteiger partial charge is 0.475 e. The summed E-state index contributed by atoms with van der Waals surface area (Å²) >= 11 is 0. The zero-order valence-corrected chi connectivity index (χ0v) is 29.2. The SMILES string of the molecule is COc1cc(C[C@H](NC(=O)Cc2cccc(Oc3ccccc3)c2)C(=O)N[C@H](C(=O)N[C@@H](CC(C)C)B(O)O)C(C)C)cc(OC)c1OC. The van der Waals surface area contributed by atoms with Crippen molar-refractivity contribution in [2.75, 3.05) is 21.3 Å². The molecule has 12 nitrogen and oxygen atoms in total. The lowest BCUT2D eigenvalue weighted by molar-refractivity contribution is -0.132. The molecule has 13 heteroatoms. The van der Waals surface area contributed by atoms with Gasteiger partial charge in [0, 0.05) is 6.42 Å². The van der Waals surface area contributed by atoms with Crippen LogP contribution in [0.2, 0.25) is 0 Å². The summed E-state index contributed by atoms with van der Waals surface area (Å²) in [6, 6.07) is 17.6. The Morgan fingerprint density at radius 2 is 1.37 bits per heavy atom. The molecule has 3 aromatic carbocycles. The number of benzene rings is 3. The molecule has 0 aliphatic heterocycles. The van der Waals surface area contributed by atoms with Gasteiger partial charge in [-0.1, -0.05) is 58.0 Å². The minimum atomic E-state index is -1.78. The molecule has 0 saturated heterocycles. The Balaban J connectivity index is 1.87. The molecule has 3 aromatic rings. The minimum absolute atomic E-state index is 0.0171. The van der Waals surface area contributed by atoms with Gasteiger partial charge in [-0.2, -0.15) is 0 Å². The van der Waals surface area contributed by atoms with E-state index in [9.17, 15) is 24.4 Å². The lowest BCUT2D eigenvalue weighted by Gasteiger charge is -2.28. The molecule has 3 rings (SSSR count). The average molecular weight is 678 g/mol. The van der Waals surface area contributed by atoms with Crippen LogP contribution in [0.4, 0.5) is 0 Å². The van der Waals surface area contributed by atoms with Crippen molar-refractivity contribution >= 4 is 24.8 Å². The summed E-state index contributed by atoms with van der Waals surface area (Å²) in [5, 5.41) is 28.0. The first-order chi connectivity index (χ1) is 23.3. The molecule has 0 bridgehead atoms. The summed E-state index contributed by atoms with van der Waals surface area (Å²) in [5.41, 5.74) is 1.26. The number of methoxy groups -OCH3 is 3. The topological polar surface area (TPSA) is 165 Å². The highest BCUT2D eigenvalue weighted by Gasteiger charge is 2.33. The van der Waals surface area contributed by atoms with E-state index in [1.165, 1.54) is 21.3 Å². The second-order valence-electron chi connectivity index (χ2n) is 12.5. The molecule has 264 valence electrons. The third-order valence-corrected chi connectivity index (χ3v) is 7.72. The van der Waals surface area contributed by atoms with Crippen molar-refractivity contribution in [3.05, 3.63) is 77.9 Å². The molecule has 0 unspecified atom stereocenters.